The minimum Gasteiger partial charge on any atom is -0.444 e. The fourth-order valence-corrected chi connectivity index (χ4v) is 10.3. The van der Waals surface area contributed by atoms with E-state index >= 15 is 0 Å². The fraction of sp³-hybridized carbons (Fsp3) is 0.815. The Balaban J connectivity index is 2.18. The van der Waals surface area contributed by atoms with Crippen LogP contribution >= 0.6 is 24.4 Å². The predicted octanol–water partition coefficient (Wildman–Crippen LogP) is 6.90. The van der Waals surface area contributed by atoms with Crippen LogP contribution in [0.1, 0.15) is 179 Å². The van der Waals surface area contributed by atoms with E-state index in [0.29, 0.717) is 30.5 Å². The zero-order chi connectivity index (χ0) is 78.2. The van der Waals surface area contributed by atoms with Gasteiger partial charge in [-0.3, -0.25) is 42.5 Å². The number of hydrogen-bond donors (Lipinski definition) is 11. The van der Waals surface area contributed by atoms with Gasteiger partial charge < -0.3 is 76.5 Å². The maximum atomic E-state index is 13.9. The molecule has 3 saturated heterocycles. The molecule has 4 aliphatic rings. The van der Waals surface area contributed by atoms with Gasteiger partial charge in [0.1, 0.15) is 93.6 Å². The first-order chi connectivity index (χ1) is 47.0. The Morgan fingerprint density at radius 3 is 1.15 bits per heavy atom. The number of aliphatic hydroxyl groups excluding tert-OH is 2. The van der Waals surface area contributed by atoms with E-state index in [0.717, 1.165) is 0 Å². The van der Waals surface area contributed by atoms with Crippen LogP contribution in [-0.2, 0) is 66.3 Å². The number of carbonyl (C=O) groups is 8. The Labute approximate surface area is 612 Å². The van der Waals surface area contributed by atoms with Crippen molar-refractivity contribution < 1.29 is 115 Å². The summed E-state index contributed by atoms with van der Waals surface area (Å²) in [5.41, 5.74) is -8.79. The molecule has 36 nitrogen and oxygen atoms in total. The van der Waals surface area contributed by atoms with Gasteiger partial charge in [-0.1, -0.05) is 0 Å². The van der Waals surface area contributed by atoms with Gasteiger partial charge in [-0.2, -0.15) is 24.4 Å². The number of nitrogens with one attached hydrogen (secondary N) is 8. The van der Waals surface area contributed by atoms with Crippen LogP contribution in [0.2, 0.25) is 0 Å². The zero-order valence-electron chi connectivity index (χ0n) is 63.7. The maximum absolute atomic E-state index is 13.9. The first-order valence-corrected chi connectivity index (χ1v) is 35.5. The van der Waals surface area contributed by atoms with Gasteiger partial charge in [0, 0.05) is 23.7 Å². The third kappa shape index (κ3) is 35.7. The van der Waals surface area contributed by atoms with Gasteiger partial charge in [-0.25, -0.2) is 58.3 Å². The monoisotopic (exact) mass is 1510 g/mol. The SMILES string of the molecule is CC(C)(C)OC(=O)NC(=NCC1OC(OC2C(N=C(NC(=O)OC(C)(C)C)NC(=O)OC(C)(C)C)CC(N=C(NC(=O)OC(C)(C)C)NC(=O)OC(C)(C)C)C(O)C2OC2OC(CSCCOCCS)CC2O)C(N=C(NC(=O)OC(C)(C)C)NC(=O)OC(C)(C)C)C2OC12)NC(=O)OC(C)(C)C. The van der Waals surface area contributed by atoms with Crippen molar-refractivity contribution in [3.8, 4) is 0 Å². The highest BCUT2D eigenvalue weighted by Gasteiger charge is 2.61. The molecule has 1 aliphatic carbocycles. The molecule has 0 aromatic heterocycles. The topological polar surface area (TPSA) is 455 Å². The molecule has 8 amide bonds. The number of epoxide rings is 1. The van der Waals surface area contributed by atoms with Crippen molar-refractivity contribution in [2.75, 3.05) is 37.0 Å². The lowest BCUT2D eigenvalue weighted by atomic mass is 9.83. The molecule has 1 saturated carbocycles. The summed E-state index contributed by atoms with van der Waals surface area (Å²) in [7, 11) is 0. The molecule has 13 atom stereocenters. The molecule has 588 valence electrons. The van der Waals surface area contributed by atoms with Gasteiger partial charge in [0.2, 0.25) is 23.8 Å². The van der Waals surface area contributed by atoms with Gasteiger partial charge >= 0.3 is 48.7 Å². The maximum Gasteiger partial charge on any atom is 0.414 e. The van der Waals surface area contributed by atoms with Crippen molar-refractivity contribution in [2.24, 2.45) is 20.0 Å². The quantitative estimate of drug-likeness (QED) is 0.0187. The fourth-order valence-electron chi connectivity index (χ4n) is 9.34. The standard InChI is InChI=1S/C65H112N12O24S2/c1-58(2,3)94-50(80)70-46(71-51(81)95-59(4,5)6)66-31-37-41-42(91-41)38(69-49(76-56(86)100-64(19,20)21)77-57(87)101-65(22,23)24)45(90-37)92-40-35(68-48(74-54(84)98-62(13,14)15)75-55(85)99-63(16,17)18)30-34(67-47(72-52(82)96-60(7,8)9)73-53(83)97-61(10,11)12)39(79)43(40)93-44-36(78)29-33(89-44)32-103-28-26-88-25-27-102/h33-45,78-79,102H,25-32H2,1-24H3,(H2,66,70,71,80,81)(H2,67,72,73,82,83)(H2,68,74,75,84,85)(H2,69,76,77,86,87). The largest absolute Gasteiger partial charge is 0.444 e. The average molecular weight is 1510 g/mol. The molecule has 10 N–H and O–H groups in total. The number of fused-ring (bicyclic) bond motifs is 1. The molecule has 0 bridgehead atoms. The average Bonchev–Trinajstić information content (AvgIpc) is 1.62. The van der Waals surface area contributed by atoms with Crippen LogP contribution in [-0.4, -0.2) is 244 Å². The first kappa shape index (κ1) is 88.6. The van der Waals surface area contributed by atoms with Crippen LogP contribution in [0.5, 0.6) is 0 Å². The number of thioether (sulfide) groups is 1. The molecule has 0 aromatic carbocycles. The smallest absolute Gasteiger partial charge is 0.414 e. The van der Waals surface area contributed by atoms with Crippen LogP contribution in [0.25, 0.3) is 0 Å². The molecule has 3 heterocycles. The Morgan fingerprint density at radius 2 is 0.777 bits per heavy atom. The third-order valence-corrected chi connectivity index (χ3v) is 13.9. The van der Waals surface area contributed by atoms with E-state index in [2.05, 4.69) is 65.1 Å². The second-order valence-electron chi connectivity index (χ2n) is 32.1. The van der Waals surface area contributed by atoms with Crippen LogP contribution in [0.15, 0.2) is 20.0 Å². The van der Waals surface area contributed by atoms with Gasteiger partial charge in [-0.05, 0) is 173 Å². The lowest BCUT2D eigenvalue weighted by Gasteiger charge is -2.45. The Morgan fingerprint density at radius 1 is 0.427 bits per heavy atom. The minimum absolute atomic E-state index is 0.00302. The summed E-state index contributed by atoms with van der Waals surface area (Å²) in [6.45, 7) is 38.4. The number of hydrogen-bond acceptors (Lipinski definition) is 30. The molecular formula is C65H112N12O24S2. The second-order valence-corrected chi connectivity index (χ2v) is 33.7. The summed E-state index contributed by atoms with van der Waals surface area (Å²) in [5, 5.41) is 44.6. The number of aliphatic hydroxyl groups is 2. The van der Waals surface area contributed by atoms with Crippen molar-refractivity contribution in [1.82, 2.24) is 42.5 Å². The molecule has 0 aromatic rings. The van der Waals surface area contributed by atoms with Gasteiger partial charge in [-0.15, -0.1) is 0 Å². The van der Waals surface area contributed by atoms with E-state index in [9.17, 15) is 48.6 Å². The van der Waals surface area contributed by atoms with Crippen LogP contribution < -0.4 is 42.5 Å². The minimum atomic E-state index is -2.02. The molecule has 4 rings (SSSR count). The predicted molar refractivity (Wildman–Crippen MR) is 380 cm³/mol. The van der Waals surface area contributed by atoms with Crippen LogP contribution in [0, 0.1) is 0 Å². The number of ether oxygens (including phenoxy) is 14. The van der Waals surface area contributed by atoms with E-state index in [1.165, 1.54) is 11.8 Å². The molecule has 38 heteroatoms. The Hall–Kier alpha value is -6.78. The summed E-state index contributed by atoms with van der Waals surface area (Å²) in [4.78, 5) is 128. The van der Waals surface area contributed by atoms with Crippen molar-refractivity contribution in [2.45, 2.75) is 303 Å². The van der Waals surface area contributed by atoms with Crippen molar-refractivity contribution >= 4 is 97.0 Å². The number of rotatable bonds is 16. The number of amides is 8. The molecule has 13 unspecified atom stereocenters. The van der Waals surface area contributed by atoms with Gasteiger partial charge in [0.25, 0.3) is 0 Å². The third-order valence-electron chi connectivity index (χ3n) is 12.7. The highest BCUT2D eigenvalue weighted by Crippen LogP contribution is 2.43. The number of aliphatic imine (C=N–C) groups is 4. The van der Waals surface area contributed by atoms with Gasteiger partial charge in [0.15, 0.2) is 12.6 Å². The van der Waals surface area contributed by atoms with Crippen LogP contribution in [0.4, 0.5) is 38.4 Å². The summed E-state index contributed by atoms with van der Waals surface area (Å²) in [6, 6.07) is -4.85. The zero-order valence-corrected chi connectivity index (χ0v) is 65.4. The lowest BCUT2D eigenvalue weighted by molar-refractivity contribution is -0.282. The number of thiol groups is 1. The number of alkyl carbamates (subject to hydrolysis) is 8. The van der Waals surface area contributed by atoms with Crippen LogP contribution in [0.3, 0.4) is 0 Å². The van der Waals surface area contributed by atoms with E-state index in [1.54, 1.807) is 166 Å². The number of carbonyl (C=O) groups excluding carboxylic acids is 8. The summed E-state index contributed by atoms with van der Waals surface area (Å²) >= 11 is 5.66. The summed E-state index contributed by atoms with van der Waals surface area (Å²) in [5.74, 6) is -1.03. The molecule has 3 aliphatic heterocycles. The Kier molecular flexibility index (Phi) is 31.8. The normalized spacial score (nSPS) is 24.3. The van der Waals surface area contributed by atoms with E-state index < -0.39 is 210 Å². The molecule has 0 radical (unpaired) electrons. The van der Waals surface area contributed by atoms with Gasteiger partial charge in [0.05, 0.1) is 37.9 Å². The first-order valence-electron chi connectivity index (χ1n) is 33.7. The Bertz CT molecular complexity index is 2900. The molecular weight excluding hydrogens is 1400 g/mol. The van der Waals surface area contributed by atoms with E-state index in [1.807, 2.05) is 0 Å². The number of nitrogens with zero attached hydrogens (tertiary/aromatic N) is 4. The number of guanidine groups is 4. The molecule has 0 spiro atoms. The summed E-state index contributed by atoms with van der Waals surface area (Å²) < 4.78 is 83.5. The van der Waals surface area contributed by atoms with E-state index in [-0.39, 0.29) is 6.42 Å². The summed E-state index contributed by atoms with van der Waals surface area (Å²) in [6.07, 6.45) is -24.3. The highest BCUT2D eigenvalue weighted by molar-refractivity contribution is 7.99. The van der Waals surface area contributed by atoms with Crippen molar-refractivity contribution in [1.29, 1.82) is 0 Å². The second kappa shape index (κ2) is 37.0. The van der Waals surface area contributed by atoms with Crippen molar-refractivity contribution in [3.63, 3.8) is 0 Å². The molecule has 4 fully saturated rings. The highest BCUT2D eigenvalue weighted by atomic mass is 32.2. The lowest BCUT2D eigenvalue weighted by Crippen LogP contribution is -2.62. The molecule has 103 heavy (non-hydrogen) atoms. The van der Waals surface area contributed by atoms with Crippen molar-refractivity contribution in [3.05, 3.63) is 0 Å². The van der Waals surface area contributed by atoms with E-state index in [4.69, 9.17) is 76.3 Å².